The van der Waals surface area contributed by atoms with Crippen LogP contribution in [-0.2, 0) is 0 Å². The quantitative estimate of drug-likeness (QED) is 0.568. The fourth-order valence-electron chi connectivity index (χ4n) is 1.01. The number of anilines is 1. The molecule has 0 heterocycles. The molecule has 2 nitrogen and oxygen atoms in total. The topological polar surface area (TPSA) is 52.0 Å². The lowest BCUT2D eigenvalue weighted by atomic mass is 10.1. The third kappa shape index (κ3) is 1.99. The maximum atomic E-state index is 12.9. The lowest BCUT2D eigenvalue weighted by molar-refractivity contribution is 0.624. The SMILES string of the molecule is C=C[C@@H](N)c1cc(F)cc(Cl)c1N. The van der Waals surface area contributed by atoms with E-state index in [4.69, 9.17) is 23.1 Å². The van der Waals surface area contributed by atoms with Crippen molar-refractivity contribution in [1.29, 1.82) is 0 Å². The van der Waals surface area contributed by atoms with E-state index < -0.39 is 11.9 Å². The summed E-state index contributed by atoms with van der Waals surface area (Å²) < 4.78 is 12.9. The van der Waals surface area contributed by atoms with E-state index in [1.165, 1.54) is 12.1 Å². The number of hydrogen-bond acceptors (Lipinski definition) is 2. The van der Waals surface area contributed by atoms with Crippen LogP contribution < -0.4 is 11.5 Å². The molecule has 1 aromatic rings. The second-order valence-corrected chi connectivity index (χ2v) is 3.06. The Kier molecular flexibility index (Phi) is 2.90. The molecule has 0 amide bonds. The molecule has 0 bridgehead atoms. The van der Waals surface area contributed by atoms with Gasteiger partial charge in [0.1, 0.15) is 5.82 Å². The summed E-state index contributed by atoms with van der Waals surface area (Å²) in [4.78, 5) is 0. The van der Waals surface area contributed by atoms with Crippen LogP contribution in [0, 0.1) is 5.82 Å². The molecule has 0 fully saturated rings. The van der Waals surface area contributed by atoms with Crippen LogP contribution in [0.2, 0.25) is 5.02 Å². The Morgan fingerprint density at radius 2 is 2.15 bits per heavy atom. The molecule has 0 spiro atoms. The molecule has 1 rings (SSSR count). The van der Waals surface area contributed by atoms with E-state index in [0.29, 0.717) is 11.3 Å². The van der Waals surface area contributed by atoms with Gasteiger partial charge in [-0.25, -0.2) is 4.39 Å². The van der Waals surface area contributed by atoms with Crippen LogP contribution in [0.3, 0.4) is 0 Å². The molecule has 70 valence electrons. The zero-order chi connectivity index (χ0) is 10.0. The predicted molar refractivity (Wildman–Crippen MR) is 52.9 cm³/mol. The molecule has 0 aliphatic rings. The molecule has 13 heavy (non-hydrogen) atoms. The van der Waals surface area contributed by atoms with Gasteiger partial charge in [-0.3, -0.25) is 0 Å². The maximum Gasteiger partial charge on any atom is 0.125 e. The predicted octanol–water partition coefficient (Wildman–Crippen LogP) is 2.25. The van der Waals surface area contributed by atoms with Gasteiger partial charge in [-0.1, -0.05) is 17.7 Å². The van der Waals surface area contributed by atoms with Crippen LogP contribution in [0.5, 0.6) is 0 Å². The van der Waals surface area contributed by atoms with Gasteiger partial charge in [-0.05, 0) is 12.1 Å². The van der Waals surface area contributed by atoms with Gasteiger partial charge >= 0.3 is 0 Å². The number of hydrogen-bond donors (Lipinski definition) is 2. The minimum absolute atomic E-state index is 0.173. The number of benzene rings is 1. The largest absolute Gasteiger partial charge is 0.397 e. The Morgan fingerprint density at radius 3 is 2.69 bits per heavy atom. The highest BCUT2D eigenvalue weighted by Crippen LogP contribution is 2.28. The van der Waals surface area contributed by atoms with Crippen LogP contribution in [-0.4, -0.2) is 0 Å². The monoisotopic (exact) mass is 200 g/mol. The van der Waals surface area contributed by atoms with Crippen LogP contribution in [0.25, 0.3) is 0 Å². The van der Waals surface area contributed by atoms with E-state index in [-0.39, 0.29) is 5.02 Å². The molecule has 0 aliphatic heterocycles. The summed E-state index contributed by atoms with van der Waals surface area (Å²) in [6, 6.07) is 1.91. The average molecular weight is 201 g/mol. The van der Waals surface area contributed by atoms with Gasteiger partial charge in [0.25, 0.3) is 0 Å². The molecule has 0 radical (unpaired) electrons. The minimum atomic E-state index is -0.492. The van der Waals surface area contributed by atoms with E-state index in [0.717, 1.165) is 6.07 Å². The summed E-state index contributed by atoms with van der Waals surface area (Å²) in [6.07, 6.45) is 1.47. The molecule has 0 saturated carbocycles. The lowest BCUT2D eigenvalue weighted by Gasteiger charge is -2.11. The van der Waals surface area contributed by atoms with Gasteiger partial charge in [0.2, 0.25) is 0 Å². The number of halogens is 2. The van der Waals surface area contributed by atoms with Crippen LogP contribution in [0.1, 0.15) is 11.6 Å². The molecule has 0 aliphatic carbocycles. The van der Waals surface area contributed by atoms with E-state index in [2.05, 4.69) is 6.58 Å². The molecular weight excluding hydrogens is 191 g/mol. The summed E-state index contributed by atoms with van der Waals surface area (Å²) >= 11 is 5.67. The van der Waals surface area contributed by atoms with Crippen molar-refractivity contribution in [3.05, 3.63) is 41.2 Å². The van der Waals surface area contributed by atoms with E-state index in [1.807, 2.05) is 0 Å². The van der Waals surface area contributed by atoms with Crippen LogP contribution in [0.4, 0.5) is 10.1 Å². The third-order valence-electron chi connectivity index (χ3n) is 1.74. The molecule has 4 N–H and O–H groups in total. The summed E-state index contributed by atoms with van der Waals surface area (Å²) in [5, 5.41) is 0.173. The number of nitrogens with two attached hydrogens (primary N) is 2. The highest BCUT2D eigenvalue weighted by atomic mass is 35.5. The van der Waals surface area contributed by atoms with E-state index in [1.54, 1.807) is 0 Å². The molecule has 0 unspecified atom stereocenters. The Hall–Kier alpha value is -1.06. The first kappa shape index (κ1) is 10.0. The van der Waals surface area contributed by atoms with Gasteiger partial charge in [0.05, 0.1) is 16.8 Å². The van der Waals surface area contributed by atoms with Crippen molar-refractivity contribution in [3.8, 4) is 0 Å². The summed E-state index contributed by atoms with van der Waals surface area (Å²) in [5.41, 5.74) is 12.0. The highest BCUT2D eigenvalue weighted by Gasteiger charge is 2.10. The Bertz CT molecular complexity index is 339. The summed E-state index contributed by atoms with van der Waals surface area (Å²) in [6.45, 7) is 3.49. The van der Waals surface area contributed by atoms with Crippen molar-refractivity contribution >= 4 is 17.3 Å². The Morgan fingerprint density at radius 1 is 1.54 bits per heavy atom. The minimum Gasteiger partial charge on any atom is -0.397 e. The molecular formula is C9H10ClFN2. The number of nitrogen functional groups attached to an aromatic ring is 1. The fourth-order valence-corrected chi connectivity index (χ4v) is 1.22. The van der Waals surface area contributed by atoms with E-state index >= 15 is 0 Å². The van der Waals surface area contributed by atoms with Crippen LogP contribution >= 0.6 is 11.6 Å². The highest BCUT2D eigenvalue weighted by molar-refractivity contribution is 6.33. The van der Waals surface area contributed by atoms with Crippen molar-refractivity contribution in [2.24, 2.45) is 5.73 Å². The van der Waals surface area contributed by atoms with Gasteiger partial charge in [0, 0.05) is 5.56 Å². The smallest absolute Gasteiger partial charge is 0.125 e. The van der Waals surface area contributed by atoms with Crippen molar-refractivity contribution in [2.45, 2.75) is 6.04 Å². The zero-order valence-corrected chi connectivity index (χ0v) is 7.68. The van der Waals surface area contributed by atoms with Gasteiger partial charge in [-0.2, -0.15) is 0 Å². The van der Waals surface area contributed by atoms with Crippen molar-refractivity contribution < 1.29 is 4.39 Å². The van der Waals surface area contributed by atoms with Gasteiger partial charge in [-0.15, -0.1) is 6.58 Å². The first-order chi connectivity index (χ1) is 6.06. The van der Waals surface area contributed by atoms with E-state index in [9.17, 15) is 4.39 Å². The fraction of sp³-hybridized carbons (Fsp3) is 0.111. The van der Waals surface area contributed by atoms with Crippen molar-refractivity contribution in [1.82, 2.24) is 0 Å². The first-order valence-corrected chi connectivity index (χ1v) is 4.06. The zero-order valence-electron chi connectivity index (χ0n) is 6.93. The normalized spacial score (nSPS) is 12.5. The lowest BCUT2D eigenvalue weighted by Crippen LogP contribution is -2.10. The van der Waals surface area contributed by atoms with Crippen molar-refractivity contribution in [3.63, 3.8) is 0 Å². The Balaban J connectivity index is 3.27. The average Bonchev–Trinajstić information content (AvgIpc) is 2.10. The maximum absolute atomic E-state index is 12.9. The standard InChI is InChI=1S/C9H10ClFN2/c1-2-8(12)6-3-5(11)4-7(10)9(6)13/h2-4,8H,1,12-13H2/t8-/m1/s1. The Labute approximate surface area is 81.0 Å². The van der Waals surface area contributed by atoms with Crippen LogP contribution in [0.15, 0.2) is 24.8 Å². The first-order valence-electron chi connectivity index (χ1n) is 3.68. The summed E-state index contributed by atoms with van der Waals surface area (Å²) in [5.74, 6) is -0.452. The second-order valence-electron chi connectivity index (χ2n) is 2.65. The van der Waals surface area contributed by atoms with Gasteiger partial charge < -0.3 is 11.5 Å². The third-order valence-corrected chi connectivity index (χ3v) is 2.05. The number of rotatable bonds is 2. The molecule has 4 heteroatoms. The molecule has 1 aromatic carbocycles. The molecule has 0 saturated heterocycles. The summed E-state index contributed by atoms with van der Waals surface area (Å²) in [7, 11) is 0. The van der Waals surface area contributed by atoms with Gasteiger partial charge in [0.15, 0.2) is 0 Å². The molecule has 0 aromatic heterocycles. The van der Waals surface area contributed by atoms with Crippen molar-refractivity contribution in [2.75, 3.05) is 5.73 Å². The second kappa shape index (κ2) is 3.77. The molecule has 1 atom stereocenters.